The molecule has 0 radical (unpaired) electrons. The number of ether oxygens (including phenoxy) is 1. The van der Waals surface area contributed by atoms with E-state index in [1.165, 1.54) is 0 Å². The Labute approximate surface area is 189 Å². The van der Waals surface area contributed by atoms with Crippen molar-refractivity contribution in [3.63, 3.8) is 0 Å². The molecule has 9 heteroatoms. The molecular weight excluding hydrogens is 484 g/mol. The molecule has 162 valence electrons. The van der Waals surface area contributed by atoms with Gasteiger partial charge in [-0.1, -0.05) is 34.1 Å². The zero-order valence-corrected chi connectivity index (χ0v) is 19.3. The zero-order chi connectivity index (χ0) is 22.2. The van der Waals surface area contributed by atoms with E-state index >= 15 is 0 Å². The van der Waals surface area contributed by atoms with E-state index in [1.54, 1.807) is 18.2 Å². The van der Waals surface area contributed by atoms with E-state index in [1.807, 2.05) is 44.2 Å². The number of hydrogen-bond acceptors (Lipinski definition) is 5. The van der Waals surface area contributed by atoms with E-state index in [0.29, 0.717) is 22.8 Å². The smallest absolute Gasteiger partial charge is 0.268 e. The molecule has 1 amide bonds. The molecule has 1 aromatic heterocycles. The summed E-state index contributed by atoms with van der Waals surface area (Å²) in [6.45, 7) is 3.85. The number of carbonyl (C=O) groups excluding carboxylic acids is 1. The predicted molar refractivity (Wildman–Crippen MR) is 120 cm³/mol. The number of benzene rings is 2. The first-order valence-electron chi connectivity index (χ1n) is 9.58. The average Bonchev–Trinajstić information content (AvgIpc) is 3.12. The van der Waals surface area contributed by atoms with Crippen LogP contribution < -0.4 is 14.8 Å². The van der Waals surface area contributed by atoms with Gasteiger partial charge in [0.25, 0.3) is 10.0 Å². The van der Waals surface area contributed by atoms with Gasteiger partial charge in [-0.2, -0.15) is 0 Å². The molecule has 3 aromatic rings. The Morgan fingerprint density at radius 2 is 1.97 bits per heavy atom. The molecule has 0 spiro atoms. The van der Waals surface area contributed by atoms with Crippen LogP contribution in [0, 0.1) is 13.8 Å². The normalized spacial score (nSPS) is 15.3. The molecule has 2 heterocycles. The van der Waals surface area contributed by atoms with Crippen LogP contribution in [0.15, 0.2) is 57.4 Å². The van der Waals surface area contributed by atoms with E-state index < -0.39 is 22.0 Å². The second-order valence-electron chi connectivity index (χ2n) is 7.46. The maximum atomic E-state index is 12.9. The van der Waals surface area contributed by atoms with Crippen molar-refractivity contribution in [1.82, 2.24) is 5.32 Å². The molecule has 0 aliphatic carbocycles. The Morgan fingerprint density at radius 1 is 1.16 bits per heavy atom. The molecular formula is C22H21BrN2O5S. The number of aryl methyl sites for hydroxylation is 2. The quantitative estimate of drug-likeness (QED) is 0.542. The lowest BCUT2D eigenvalue weighted by Gasteiger charge is -2.21. The van der Waals surface area contributed by atoms with Crippen molar-refractivity contribution in [2.45, 2.75) is 26.3 Å². The Hall–Kier alpha value is -2.78. The minimum Gasteiger partial charge on any atom is -0.474 e. The van der Waals surface area contributed by atoms with Crippen molar-refractivity contribution in [3.05, 3.63) is 81.2 Å². The van der Waals surface area contributed by atoms with Crippen LogP contribution in [0.4, 0.5) is 5.69 Å². The second kappa shape index (κ2) is 8.39. The van der Waals surface area contributed by atoms with Crippen molar-refractivity contribution >= 4 is 37.5 Å². The molecule has 1 aliphatic rings. The number of hydrogen-bond donors (Lipinski definition) is 2. The van der Waals surface area contributed by atoms with Crippen molar-refractivity contribution in [2.75, 3.05) is 10.7 Å². The fourth-order valence-electron chi connectivity index (χ4n) is 3.39. The largest absolute Gasteiger partial charge is 0.474 e. The molecule has 0 saturated heterocycles. The highest BCUT2D eigenvalue weighted by atomic mass is 79.9. The number of rotatable bonds is 5. The molecule has 1 unspecified atom stereocenters. The topological polar surface area (TPSA) is 97.6 Å². The third-order valence-electron chi connectivity index (χ3n) is 4.86. The Balaban J connectivity index is 1.56. The average molecular weight is 505 g/mol. The van der Waals surface area contributed by atoms with Crippen LogP contribution in [0.5, 0.6) is 5.75 Å². The highest BCUT2D eigenvalue weighted by molar-refractivity contribution is 9.10. The van der Waals surface area contributed by atoms with Gasteiger partial charge in [0, 0.05) is 4.47 Å². The van der Waals surface area contributed by atoms with Crippen LogP contribution >= 0.6 is 15.9 Å². The van der Waals surface area contributed by atoms with Crippen LogP contribution in [-0.4, -0.2) is 20.3 Å². The molecule has 7 nitrogen and oxygen atoms in total. The number of anilines is 1. The van der Waals surface area contributed by atoms with Crippen molar-refractivity contribution in [1.29, 1.82) is 0 Å². The summed E-state index contributed by atoms with van der Waals surface area (Å²) in [4.78, 5) is 12.9. The van der Waals surface area contributed by atoms with Crippen molar-refractivity contribution < 1.29 is 22.4 Å². The molecule has 1 atom stereocenters. The van der Waals surface area contributed by atoms with Gasteiger partial charge in [-0.3, -0.25) is 9.52 Å². The lowest BCUT2D eigenvalue weighted by Crippen LogP contribution is -2.31. The summed E-state index contributed by atoms with van der Waals surface area (Å²) >= 11 is 3.59. The summed E-state index contributed by atoms with van der Waals surface area (Å²) in [5.74, 6) is 1.14. The number of amides is 1. The number of fused-ring (bicyclic) bond motifs is 1. The molecule has 2 N–H and O–H groups in total. The van der Waals surface area contributed by atoms with Crippen LogP contribution in [-0.2, 0) is 21.2 Å². The van der Waals surface area contributed by atoms with Crippen LogP contribution in [0.25, 0.3) is 0 Å². The summed E-state index contributed by atoms with van der Waals surface area (Å²) in [5, 5.41) is 3.05. The van der Waals surface area contributed by atoms with Gasteiger partial charge in [0.05, 0.1) is 12.1 Å². The van der Waals surface area contributed by atoms with Crippen LogP contribution in [0.3, 0.4) is 0 Å². The first kappa shape index (κ1) is 21.5. The second-order valence-corrected chi connectivity index (χ2v) is 9.98. The van der Waals surface area contributed by atoms with Gasteiger partial charge in [-0.25, -0.2) is 8.42 Å². The molecule has 31 heavy (non-hydrogen) atoms. The fraction of sp³-hybridized carbons (Fsp3) is 0.227. The first-order valence-corrected chi connectivity index (χ1v) is 12.0. The van der Waals surface area contributed by atoms with Gasteiger partial charge in [0.2, 0.25) is 11.8 Å². The summed E-state index contributed by atoms with van der Waals surface area (Å²) in [6, 6.07) is 14.2. The molecule has 4 rings (SSSR count). The van der Waals surface area contributed by atoms with Crippen LogP contribution in [0.1, 0.15) is 34.3 Å². The Morgan fingerprint density at radius 3 is 2.68 bits per heavy atom. The number of halogens is 1. The highest BCUT2D eigenvalue weighted by Crippen LogP contribution is 2.32. The molecule has 0 saturated carbocycles. The highest BCUT2D eigenvalue weighted by Gasteiger charge is 2.24. The number of furan rings is 1. The van der Waals surface area contributed by atoms with Gasteiger partial charge in [0.1, 0.15) is 23.3 Å². The van der Waals surface area contributed by atoms with Crippen LogP contribution in [0.2, 0.25) is 0 Å². The zero-order valence-electron chi connectivity index (χ0n) is 16.9. The van der Waals surface area contributed by atoms with E-state index in [2.05, 4.69) is 26.0 Å². The summed E-state index contributed by atoms with van der Waals surface area (Å²) in [6.07, 6.45) is 0.100. The fourth-order valence-corrected chi connectivity index (χ4v) is 4.96. The minimum absolute atomic E-state index is 0.100. The number of sulfonamides is 1. The van der Waals surface area contributed by atoms with Gasteiger partial charge in [-0.15, -0.1) is 0 Å². The van der Waals surface area contributed by atoms with Crippen molar-refractivity contribution in [3.8, 4) is 5.75 Å². The maximum absolute atomic E-state index is 12.9. The molecule has 1 aliphatic heterocycles. The van der Waals surface area contributed by atoms with Gasteiger partial charge >= 0.3 is 0 Å². The predicted octanol–water partition coefficient (Wildman–Crippen LogP) is 4.20. The lowest BCUT2D eigenvalue weighted by atomic mass is 10.0. The monoisotopic (exact) mass is 504 g/mol. The standard InChI is InChI=1S/C22H21BrN2O5S/c1-13-3-6-16(17(23)9-13)22(19-8-4-14(2)30-19)24-21(26)11-15-5-7-18-20(10-15)29-12-31(27,28)25-18/h3-10,22,25H,11-12H2,1-2H3,(H,24,26). The first-order chi connectivity index (χ1) is 14.7. The minimum atomic E-state index is -3.48. The third kappa shape index (κ3) is 4.94. The summed E-state index contributed by atoms with van der Waals surface area (Å²) < 4.78 is 37.6. The Kier molecular flexibility index (Phi) is 5.81. The number of nitrogens with one attached hydrogen (secondary N) is 2. The van der Waals surface area contributed by atoms with E-state index in [-0.39, 0.29) is 12.3 Å². The summed E-state index contributed by atoms with van der Waals surface area (Å²) in [5.41, 5.74) is 3.05. The third-order valence-corrected chi connectivity index (χ3v) is 6.51. The van der Waals surface area contributed by atoms with Gasteiger partial charge < -0.3 is 14.5 Å². The molecule has 2 aromatic carbocycles. The SMILES string of the molecule is Cc1ccc(C(NC(=O)Cc2ccc3c(c2)OCS(=O)(=O)N3)c2ccc(C)o2)c(Br)c1. The number of carbonyl (C=O) groups is 1. The van der Waals surface area contributed by atoms with Crippen molar-refractivity contribution in [2.24, 2.45) is 0 Å². The maximum Gasteiger partial charge on any atom is 0.268 e. The Bertz CT molecular complexity index is 1250. The van der Waals surface area contributed by atoms with Gasteiger partial charge in [0.15, 0.2) is 0 Å². The van der Waals surface area contributed by atoms with E-state index in [4.69, 9.17) is 9.15 Å². The molecule has 0 bridgehead atoms. The summed E-state index contributed by atoms with van der Waals surface area (Å²) in [7, 11) is -3.48. The van der Waals surface area contributed by atoms with Gasteiger partial charge in [-0.05, 0) is 60.9 Å². The molecule has 0 fully saturated rings. The van der Waals surface area contributed by atoms with E-state index in [0.717, 1.165) is 21.4 Å². The van der Waals surface area contributed by atoms with E-state index in [9.17, 15) is 13.2 Å². The lowest BCUT2D eigenvalue weighted by molar-refractivity contribution is -0.121.